The molecule has 1 saturated heterocycles. The summed E-state index contributed by atoms with van der Waals surface area (Å²) in [6.45, 7) is 11.6. The summed E-state index contributed by atoms with van der Waals surface area (Å²) in [5, 5.41) is 9.46. The molecule has 0 aromatic heterocycles. The van der Waals surface area contributed by atoms with Crippen molar-refractivity contribution >= 4 is 5.97 Å². The molecule has 3 heteroatoms. The van der Waals surface area contributed by atoms with Crippen LogP contribution in [0.15, 0.2) is 23.8 Å². The van der Waals surface area contributed by atoms with E-state index in [0.29, 0.717) is 23.3 Å². The predicted octanol–water partition coefficient (Wildman–Crippen LogP) is 4.37. The maximum Gasteiger partial charge on any atom is 0.336 e. The third kappa shape index (κ3) is 2.88. The lowest BCUT2D eigenvalue weighted by Gasteiger charge is -2.58. The van der Waals surface area contributed by atoms with E-state index in [-0.39, 0.29) is 11.4 Å². The van der Waals surface area contributed by atoms with Crippen LogP contribution in [0.1, 0.15) is 65.7 Å². The molecule has 0 aromatic carbocycles. The molecule has 0 amide bonds. The van der Waals surface area contributed by atoms with Crippen molar-refractivity contribution in [2.45, 2.75) is 72.0 Å². The molecule has 0 bridgehead atoms. The number of allylic oxidation sites excluding steroid dienone is 2. The molecule has 0 radical (unpaired) electrons. The quantitative estimate of drug-likeness (QED) is 0.467. The number of carbonyl (C=O) groups excluding carboxylic acids is 1. The van der Waals surface area contributed by atoms with E-state index in [1.807, 2.05) is 6.08 Å². The second kappa shape index (κ2) is 5.77. The van der Waals surface area contributed by atoms with Crippen LogP contribution in [0.3, 0.4) is 0 Å². The van der Waals surface area contributed by atoms with Crippen LogP contribution in [0.4, 0.5) is 0 Å². The Morgan fingerprint density at radius 3 is 2.74 bits per heavy atom. The summed E-state index contributed by atoms with van der Waals surface area (Å²) in [6, 6.07) is 0. The zero-order valence-electron chi connectivity index (χ0n) is 14.7. The summed E-state index contributed by atoms with van der Waals surface area (Å²) in [5.41, 5.74) is 2.63. The van der Waals surface area contributed by atoms with E-state index in [2.05, 4.69) is 27.4 Å². The normalized spacial score (nSPS) is 41.7. The number of ether oxygens (including phenoxy) is 1. The van der Waals surface area contributed by atoms with Gasteiger partial charge in [0.05, 0.1) is 0 Å². The van der Waals surface area contributed by atoms with Crippen molar-refractivity contribution in [3.05, 3.63) is 23.8 Å². The van der Waals surface area contributed by atoms with E-state index >= 15 is 0 Å². The predicted molar refractivity (Wildman–Crippen MR) is 90.5 cm³/mol. The first-order valence-electron chi connectivity index (χ1n) is 9.00. The molecule has 2 unspecified atom stereocenters. The summed E-state index contributed by atoms with van der Waals surface area (Å²) < 4.78 is 4.83. The molecule has 3 nitrogen and oxygen atoms in total. The Bertz CT molecular complexity index is 545. The van der Waals surface area contributed by atoms with Crippen molar-refractivity contribution in [3.63, 3.8) is 0 Å². The fraction of sp³-hybridized carbons (Fsp3) is 0.750. The molecule has 1 heterocycles. The Hall–Kier alpha value is -1.09. The minimum atomic E-state index is -0.958. The number of hydrogen-bond acceptors (Lipinski definition) is 3. The van der Waals surface area contributed by atoms with Gasteiger partial charge in [-0.1, -0.05) is 45.4 Å². The van der Waals surface area contributed by atoms with E-state index in [1.165, 1.54) is 31.3 Å². The molecule has 2 aliphatic carbocycles. The summed E-state index contributed by atoms with van der Waals surface area (Å²) >= 11 is 0. The topological polar surface area (TPSA) is 46.5 Å². The minimum absolute atomic E-state index is 0.273. The maximum absolute atomic E-state index is 11.7. The van der Waals surface area contributed by atoms with Gasteiger partial charge in [-0.3, -0.25) is 0 Å². The van der Waals surface area contributed by atoms with Crippen molar-refractivity contribution < 1.29 is 14.6 Å². The molecule has 1 N–H and O–H groups in total. The second-order valence-corrected chi connectivity index (χ2v) is 8.68. The van der Waals surface area contributed by atoms with Gasteiger partial charge < -0.3 is 9.84 Å². The fourth-order valence-corrected chi connectivity index (χ4v) is 5.65. The zero-order chi connectivity index (χ0) is 16.8. The molecule has 3 aliphatic rings. The lowest BCUT2D eigenvalue weighted by Crippen LogP contribution is -2.49. The SMILES string of the molecule is C=C1CC[C@H]2C(C)(C)CCC[C@]2(C)C1CC=C1CC(O)OC1=O. The Morgan fingerprint density at radius 2 is 2.09 bits per heavy atom. The van der Waals surface area contributed by atoms with E-state index in [9.17, 15) is 9.90 Å². The number of esters is 1. The number of aliphatic hydroxyl groups excluding tert-OH is 1. The van der Waals surface area contributed by atoms with Crippen LogP contribution in [0.5, 0.6) is 0 Å². The standard InChI is InChI=1S/C20H30O3/c1-13-6-9-16-19(2,3)10-5-11-20(16,4)15(13)8-7-14-12-17(21)23-18(14)22/h7,15-17,21H,1,5-6,8-12H2,2-4H3/t15?,16-,17?,20+/m0/s1. The molecule has 3 rings (SSSR count). The Labute approximate surface area is 139 Å². The van der Waals surface area contributed by atoms with Gasteiger partial charge in [-0.25, -0.2) is 4.79 Å². The van der Waals surface area contributed by atoms with Gasteiger partial charge in [-0.15, -0.1) is 0 Å². The van der Waals surface area contributed by atoms with Crippen LogP contribution >= 0.6 is 0 Å². The van der Waals surface area contributed by atoms with E-state index in [1.54, 1.807) is 0 Å². The van der Waals surface area contributed by atoms with Gasteiger partial charge in [0.15, 0.2) is 0 Å². The average molecular weight is 318 g/mol. The van der Waals surface area contributed by atoms with Gasteiger partial charge in [0, 0.05) is 12.0 Å². The summed E-state index contributed by atoms with van der Waals surface area (Å²) in [6.07, 6.45) is 8.40. The maximum atomic E-state index is 11.7. The van der Waals surface area contributed by atoms with Crippen LogP contribution in [0.25, 0.3) is 0 Å². The van der Waals surface area contributed by atoms with Crippen LogP contribution in [0.2, 0.25) is 0 Å². The van der Waals surface area contributed by atoms with Crippen molar-refractivity contribution in [3.8, 4) is 0 Å². The monoisotopic (exact) mass is 318 g/mol. The van der Waals surface area contributed by atoms with Gasteiger partial charge in [-0.2, -0.15) is 0 Å². The summed E-state index contributed by atoms with van der Waals surface area (Å²) in [7, 11) is 0. The fourth-order valence-electron chi connectivity index (χ4n) is 5.65. The molecule has 0 spiro atoms. The highest BCUT2D eigenvalue weighted by Gasteiger charge is 2.52. The van der Waals surface area contributed by atoms with Gasteiger partial charge >= 0.3 is 5.97 Å². The zero-order valence-corrected chi connectivity index (χ0v) is 14.7. The second-order valence-electron chi connectivity index (χ2n) is 8.68. The largest absolute Gasteiger partial charge is 0.432 e. The minimum Gasteiger partial charge on any atom is -0.432 e. The molecular formula is C20H30O3. The number of fused-ring (bicyclic) bond motifs is 1. The summed E-state index contributed by atoms with van der Waals surface area (Å²) in [5.74, 6) is 0.794. The first-order valence-corrected chi connectivity index (χ1v) is 9.00. The molecule has 128 valence electrons. The lowest BCUT2D eigenvalue weighted by atomic mass is 9.47. The smallest absolute Gasteiger partial charge is 0.336 e. The van der Waals surface area contributed by atoms with E-state index in [0.717, 1.165) is 18.8 Å². The third-order valence-corrected chi connectivity index (χ3v) is 6.82. The third-order valence-electron chi connectivity index (χ3n) is 6.82. The van der Waals surface area contributed by atoms with Crippen molar-refractivity contribution in [1.82, 2.24) is 0 Å². The molecule has 2 saturated carbocycles. The van der Waals surface area contributed by atoms with Crippen LogP contribution in [-0.2, 0) is 9.53 Å². The molecule has 3 fully saturated rings. The van der Waals surface area contributed by atoms with Crippen molar-refractivity contribution in [2.75, 3.05) is 0 Å². The van der Waals surface area contributed by atoms with Crippen LogP contribution in [0, 0.1) is 22.7 Å². The number of rotatable bonds is 2. The molecule has 23 heavy (non-hydrogen) atoms. The highest BCUT2D eigenvalue weighted by molar-refractivity contribution is 5.90. The number of carbonyl (C=O) groups is 1. The van der Waals surface area contributed by atoms with Crippen molar-refractivity contribution in [2.24, 2.45) is 22.7 Å². The van der Waals surface area contributed by atoms with Gasteiger partial charge in [0.2, 0.25) is 6.29 Å². The van der Waals surface area contributed by atoms with Gasteiger partial charge in [-0.05, 0) is 54.8 Å². The summed E-state index contributed by atoms with van der Waals surface area (Å²) in [4.78, 5) is 11.7. The number of hydrogen-bond donors (Lipinski definition) is 1. The Kier molecular flexibility index (Phi) is 4.20. The molecule has 1 aliphatic heterocycles. The van der Waals surface area contributed by atoms with Crippen LogP contribution < -0.4 is 0 Å². The lowest BCUT2D eigenvalue weighted by molar-refractivity contribution is -0.152. The highest BCUT2D eigenvalue weighted by atomic mass is 16.6. The van der Waals surface area contributed by atoms with Gasteiger partial charge in [0.1, 0.15) is 0 Å². The van der Waals surface area contributed by atoms with E-state index < -0.39 is 6.29 Å². The number of cyclic esters (lactones) is 1. The average Bonchev–Trinajstić information content (AvgIpc) is 2.75. The Balaban J connectivity index is 1.83. The Morgan fingerprint density at radius 1 is 1.35 bits per heavy atom. The van der Waals surface area contributed by atoms with Crippen molar-refractivity contribution in [1.29, 1.82) is 0 Å². The molecule has 4 atom stereocenters. The number of aliphatic hydroxyl groups is 1. The van der Waals surface area contributed by atoms with E-state index in [4.69, 9.17) is 4.74 Å². The van der Waals surface area contributed by atoms with Gasteiger partial charge in [0.25, 0.3) is 0 Å². The first-order chi connectivity index (χ1) is 10.7. The highest BCUT2D eigenvalue weighted by Crippen LogP contribution is 2.61. The first kappa shape index (κ1) is 16.8. The van der Waals surface area contributed by atoms with Crippen LogP contribution in [-0.4, -0.2) is 17.4 Å². The molecule has 0 aromatic rings. The molecular weight excluding hydrogens is 288 g/mol.